The number of aromatic nitrogens is 2. The van der Waals surface area contributed by atoms with E-state index in [1.54, 1.807) is 12.3 Å². The third kappa shape index (κ3) is 3.95. The molecule has 0 N–H and O–H groups in total. The SMILES string of the molecule is COc1cc(-c2cnc3cc(C4CN(C)C4)ccn23)cc(OC(F)F)c1C(=O)CC1CC1. The zero-order valence-electron chi connectivity index (χ0n) is 18.1. The number of likely N-dealkylation sites (tertiary alicyclic amines) is 1. The average molecular weight is 441 g/mol. The van der Waals surface area contributed by atoms with Crippen molar-refractivity contribution in [3.8, 4) is 22.8 Å². The highest BCUT2D eigenvalue weighted by Crippen LogP contribution is 2.40. The molecule has 1 saturated carbocycles. The summed E-state index contributed by atoms with van der Waals surface area (Å²) in [5.41, 5.74) is 3.37. The molecule has 1 aliphatic carbocycles. The molecule has 0 atom stereocenters. The Bertz CT molecular complexity index is 1170. The minimum Gasteiger partial charge on any atom is -0.496 e. The second kappa shape index (κ2) is 8.16. The van der Waals surface area contributed by atoms with E-state index in [0.717, 1.165) is 31.6 Å². The van der Waals surface area contributed by atoms with Gasteiger partial charge in [0, 0.05) is 37.2 Å². The molecule has 1 aliphatic heterocycles. The smallest absolute Gasteiger partial charge is 0.387 e. The van der Waals surface area contributed by atoms with Crippen LogP contribution in [0.15, 0.2) is 36.7 Å². The van der Waals surface area contributed by atoms with Gasteiger partial charge in [0.2, 0.25) is 0 Å². The van der Waals surface area contributed by atoms with E-state index < -0.39 is 6.61 Å². The third-order valence-electron chi connectivity index (χ3n) is 6.32. The number of hydrogen-bond donors (Lipinski definition) is 0. The van der Waals surface area contributed by atoms with E-state index in [2.05, 4.69) is 29.1 Å². The summed E-state index contributed by atoms with van der Waals surface area (Å²) in [5, 5.41) is 0. The van der Waals surface area contributed by atoms with Gasteiger partial charge in [0.05, 0.1) is 19.0 Å². The van der Waals surface area contributed by atoms with E-state index in [-0.39, 0.29) is 22.8 Å². The van der Waals surface area contributed by atoms with Gasteiger partial charge in [-0.2, -0.15) is 8.78 Å². The summed E-state index contributed by atoms with van der Waals surface area (Å²) in [4.78, 5) is 19.6. The lowest BCUT2D eigenvalue weighted by Gasteiger charge is -2.36. The van der Waals surface area contributed by atoms with Crippen LogP contribution < -0.4 is 9.47 Å². The fraction of sp³-hybridized carbons (Fsp3) is 0.417. The van der Waals surface area contributed by atoms with Gasteiger partial charge < -0.3 is 14.4 Å². The molecule has 6 nitrogen and oxygen atoms in total. The molecular formula is C24H25F2N3O3. The van der Waals surface area contributed by atoms with Crippen LogP contribution in [0, 0.1) is 5.92 Å². The first-order valence-corrected chi connectivity index (χ1v) is 10.8. The molecule has 2 fully saturated rings. The Morgan fingerprint density at radius 2 is 1.97 bits per heavy atom. The number of pyridine rings is 1. The number of benzene rings is 1. The fourth-order valence-corrected chi connectivity index (χ4v) is 4.42. The standard InChI is InChI=1S/C24H25F2N3O3/c1-28-12-17(13-28)15-5-6-29-18(11-27-22(29)10-15)16-8-20(31-2)23(19(30)7-14-3-4-14)21(9-16)32-24(25)26/h5-6,8-11,14,17,24H,3-4,7,12-13H2,1-2H3. The molecular weight excluding hydrogens is 416 g/mol. The number of likely N-dealkylation sites (N-methyl/N-ethyl adjacent to an activating group) is 1. The summed E-state index contributed by atoms with van der Waals surface area (Å²) < 4.78 is 38.5. The van der Waals surface area contributed by atoms with E-state index >= 15 is 0 Å². The maximum absolute atomic E-state index is 13.2. The van der Waals surface area contributed by atoms with E-state index in [9.17, 15) is 13.6 Å². The van der Waals surface area contributed by atoms with Gasteiger partial charge >= 0.3 is 6.61 Å². The van der Waals surface area contributed by atoms with E-state index in [1.807, 2.05) is 10.6 Å². The van der Waals surface area contributed by atoms with E-state index in [0.29, 0.717) is 29.5 Å². The van der Waals surface area contributed by atoms with Gasteiger partial charge in [-0.25, -0.2) is 4.98 Å². The van der Waals surface area contributed by atoms with Crippen molar-refractivity contribution in [3.63, 3.8) is 0 Å². The highest BCUT2D eigenvalue weighted by molar-refractivity contribution is 6.02. The molecule has 0 amide bonds. The molecule has 0 spiro atoms. The Kier molecular flexibility index (Phi) is 5.33. The first-order valence-electron chi connectivity index (χ1n) is 10.8. The summed E-state index contributed by atoms with van der Waals surface area (Å²) in [6.45, 7) is -1.01. The Morgan fingerprint density at radius 3 is 2.62 bits per heavy atom. The predicted octanol–water partition coefficient (Wildman–Crippen LogP) is 4.62. The van der Waals surface area contributed by atoms with Crippen molar-refractivity contribution >= 4 is 11.4 Å². The highest BCUT2D eigenvalue weighted by atomic mass is 19.3. The van der Waals surface area contributed by atoms with E-state index in [4.69, 9.17) is 9.47 Å². The number of ether oxygens (including phenoxy) is 2. The molecule has 0 unspecified atom stereocenters. The molecule has 3 aromatic rings. The van der Waals surface area contributed by atoms with Gasteiger partial charge in [0.25, 0.3) is 0 Å². The lowest BCUT2D eigenvalue weighted by Crippen LogP contribution is -2.41. The molecule has 3 heterocycles. The molecule has 5 rings (SSSR count). The Hall–Kier alpha value is -3.00. The summed E-state index contributed by atoms with van der Waals surface area (Å²) in [6.07, 6.45) is 5.91. The largest absolute Gasteiger partial charge is 0.496 e. The molecule has 32 heavy (non-hydrogen) atoms. The number of imidazole rings is 1. The van der Waals surface area contributed by atoms with Crippen molar-refractivity contribution in [3.05, 3.63) is 47.8 Å². The molecule has 2 aromatic heterocycles. The first-order chi connectivity index (χ1) is 15.4. The first kappa shape index (κ1) is 20.9. The molecule has 8 heteroatoms. The van der Waals surface area contributed by atoms with Gasteiger partial charge in [-0.1, -0.05) is 0 Å². The second-order valence-electron chi connectivity index (χ2n) is 8.75. The van der Waals surface area contributed by atoms with Crippen molar-refractivity contribution in [2.45, 2.75) is 31.8 Å². The number of nitrogens with zero attached hydrogens (tertiary/aromatic N) is 3. The van der Waals surface area contributed by atoms with Crippen LogP contribution in [0.25, 0.3) is 16.9 Å². The van der Waals surface area contributed by atoms with Crippen LogP contribution in [-0.4, -0.2) is 53.9 Å². The molecule has 0 radical (unpaired) electrons. The highest BCUT2D eigenvalue weighted by Gasteiger charge is 2.30. The van der Waals surface area contributed by atoms with Gasteiger partial charge in [-0.3, -0.25) is 9.20 Å². The summed E-state index contributed by atoms with van der Waals surface area (Å²) in [5.74, 6) is 0.638. The topological polar surface area (TPSA) is 56.1 Å². The van der Waals surface area contributed by atoms with Crippen molar-refractivity contribution in [2.24, 2.45) is 5.92 Å². The summed E-state index contributed by atoms with van der Waals surface area (Å²) in [7, 11) is 3.52. The summed E-state index contributed by atoms with van der Waals surface area (Å²) >= 11 is 0. The zero-order chi connectivity index (χ0) is 22.4. The van der Waals surface area contributed by atoms with Crippen LogP contribution in [0.5, 0.6) is 11.5 Å². The van der Waals surface area contributed by atoms with Gasteiger partial charge in [-0.05, 0) is 55.6 Å². The van der Waals surface area contributed by atoms with Gasteiger partial charge in [0.15, 0.2) is 5.78 Å². The number of halogens is 2. The number of Topliss-reactive ketones (excluding diaryl/α,β-unsaturated/α-hetero) is 1. The minimum atomic E-state index is -3.05. The normalized spacial score (nSPS) is 17.0. The Labute approximate surface area is 184 Å². The van der Waals surface area contributed by atoms with Crippen molar-refractivity contribution in [1.29, 1.82) is 0 Å². The van der Waals surface area contributed by atoms with Crippen LogP contribution in [0.1, 0.15) is 41.1 Å². The van der Waals surface area contributed by atoms with Crippen LogP contribution in [0.2, 0.25) is 0 Å². The number of rotatable bonds is 8. The molecule has 2 aliphatic rings. The Morgan fingerprint density at radius 1 is 1.22 bits per heavy atom. The van der Waals surface area contributed by atoms with Crippen LogP contribution in [0.3, 0.4) is 0 Å². The monoisotopic (exact) mass is 441 g/mol. The Balaban J connectivity index is 1.55. The molecule has 0 bridgehead atoms. The van der Waals surface area contributed by atoms with Crippen LogP contribution >= 0.6 is 0 Å². The number of carbonyl (C=O) groups excluding carboxylic acids is 1. The van der Waals surface area contributed by atoms with Crippen molar-refractivity contribution in [2.75, 3.05) is 27.2 Å². The maximum Gasteiger partial charge on any atom is 0.387 e. The zero-order valence-corrected chi connectivity index (χ0v) is 18.1. The summed E-state index contributed by atoms with van der Waals surface area (Å²) in [6, 6.07) is 7.30. The van der Waals surface area contributed by atoms with Gasteiger partial charge in [0.1, 0.15) is 22.7 Å². The van der Waals surface area contributed by atoms with Crippen LogP contribution in [-0.2, 0) is 0 Å². The predicted molar refractivity (Wildman–Crippen MR) is 116 cm³/mol. The number of fused-ring (bicyclic) bond motifs is 1. The van der Waals surface area contributed by atoms with Crippen molar-refractivity contribution in [1.82, 2.24) is 14.3 Å². The number of alkyl halides is 2. The maximum atomic E-state index is 13.2. The quantitative estimate of drug-likeness (QED) is 0.478. The molecule has 1 saturated heterocycles. The fourth-order valence-electron chi connectivity index (χ4n) is 4.42. The lowest BCUT2D eigenvalue weighted by molar-refractivity contribution is -0.0502. The lowest BCUT2D eigenvalue weighted by atomic mass is 9.93. The molecule has 168 valence electrons. The average Bonchev–Trinajstić information content (AvgIpc) is 3.45. The van der Waals surface area contributed by atoms with Crippen LogP contribution in [0.4, 0.5) is 8.78 Å². The number of methoxy groups -OCH3 is 1. The minimum absolute atomic E-state index is 0.0775. The number of ketones is 1. The third-order valence-corrected chi connectivity index (χ3v) is 6.32. The number of carbonyl (C=O) groups is 1. The van der Waals surface area contributed by atoms with Gasteiger partial charge in [-0.15, -0.1) is 0 Å². The van der Waals surface area contributed by atoms with E-state index in [1.165, 1.54) is 18.7 Å². The number of hydrogen-bond acceptors (Lipinski definition) is 5. The van der Waals surface area contributed by atoms with Crippen molar-refractivity contribution < 1.29 is 23.0 Å². The second-order valence-corrected chi connectivity index (χ2v) is 8.75. The molecule has 1 aromatic carbocycles.